The number of rotatable bonds is 2. The third-order valence-corrected chi connectivity index (χ3v) is 4.27. The molecule has 1 amide bonds. The van der Waals surface area contributed by atoms with Gasteiger partial charge in [-0.25, -0.2) is 0 Å². The minimum Gasteiger partial charge on any atom is -0.326 e. The molecule has 94 valence electrons. The van der Waals surface area contributed by atoms with Gasteiger partial charge in [-0.3, -0.25) is 9.59 Å². The normalized spacial score (nSPS) is 27.4. The second kappa shape index (κ2) is 4.23. The first-order valence-corrected chi connectivity index (χ1v) is 6.60. The highest BCUT2D eigenvalue weighted by Crippen LogP contribution is 2.41. The summed E-state index contributed by atoms with van der Waals surface area (Å²) < 4.78 is 0. The van der Waals surface area contributed by atoms with Crippen molar-refractivity contribution in [1.82, 2.24) is 4.90 Å². The van der Waals surface area contributed by atoms with Crippen LogP contribution in [-0.2, 0) is 16.1 Å². The van der Waals surface area contributed by atoms with Crippen molar-refractivity contribution in [3.8, 4) is 0 Å². The van der Waals surface area contributed by atoms with E-state index in [9.17, 15) is 9.59 Å². The van der Waals surface area contributed by atoms with E-state index in [-0.39, 0.29) is 11.7 Å². The van der Waals surface area contributed by atoms with E-state index in [4.69, 9.17) is 0 Å². The predicted octanol–water partition coefficient (Wildman–Crippen LogP) is 2.30. The number of ketones is 1. The Kier molecular flexibility index (Phi) is 2.69. The maximum atomic E-state index is 12.2. The highest BCUT2D eigenvalue weighted by atomic mass is 16.2. The number of Topliss-reactive ketones (excluding diaryl/α,β-unsaturated/α-hetero) is 1. The van der Waals surface area contributed by atoms with Gasteiger partial charge in [-0.2, -0.15) is 0 Å². The molecular formula is C15H17NO2. The third kappa shape index (κ3) is 1.65. The maximum absolute atomic E-state index is 12.2. The SMILES string of the molecule is O=C1CC[C@@]2(CCCC2=O)N1Cc1ccccc1. The summed E-state index contributed by atoms with van der Waals surface area (Å²) in [6, 6.07) is 9.93. The summed E-state index contributed by atoms with van der Waals surface area (Å²) >= 11 is 0. The van der Waals surface area contributed by atoms with Gasteiger partial charge in [0.05, 0.1) is 0 Å². The van der Waals surface area contributed by atoms with Gasteiger partial charge in [0.15, 0.2) is 5.78 Å². The van der Waals surface area contributed by atoms with Crippen LogP contribution >= 0.6 is 0 Å². The topological polar surface area (TPSA) is 37.4 Å². The number of hydrogen-bond donors (Lipinski definition) is 0. The summed E-state index contributed by atoms with van der Waals surface area (Å²) in [5.41, 5.74) is 0.638. The first kappa shape index (κ1) is 11.5. The predicted molar refractivity (Wildman–Crippen MR) is 67.8 cm³/mol. The molecule has 1 aliphatic heterocycles. The molecule has 0 radical (unpaired) electrons. The van der Waals surface area contributed by atoms with Crippen LogP contribution in [0.25, 0.3) is 0 Å². The molecule has 0 bridgehead atoms. The molecule has 1 aromatic rings. The van der Waals surface area contributed by atoms with Crippen LogP contribution in [0.3, 0.4) is 0 Å². The molecule has 1 saturated heterocycles. The van der Waals surface area contributed by atoms with Crippen molar-refractivity contribution in [2.45, 2.75) is 44.2 Å². The van der Waals surface area contributed by atoms with Gasteiger partial charge in [0.2, 0.25) is 5.91 Å². The quantitative estimate of drug-likeness (QED) is 0.799. The van der Waals surface area contributed by atoms with Gasteiger partial charge in [-0.05, 0) is 24.8 Å². The molecule has 1 aromatic carbocycles. The summed E-state index contributed by atoms with van der Waals surface area (Å²) in [5, 5.41) is 0. The lowest BCUT2D eigenvalue weighted by Gasteiger charge is -2.33. The average Bonchev–Trinajstić information content (AvgIpc) is 2.90. The Bertz CT molecular complexity index is 483. The van der Waals surface area contributed by atoms with Crippen LogP contribution in [0.5, 0.6) is 0 Å². The van der Waals surface area contributed by atoms with Crippen molar-refractivity contribution in [2.75, 3.05) is 0 Å². The maximum Gasteiger partial charge on any atom is 0.223 e. The molecule has 1 saturated carbocycles. The lowest BCUT2D eigenvalue weighted by atomic mass is 9.93. The van der Waals surface area contributed by atoms with Crippen LogP contribution < -0.4 is 0 Å². The Morgan fingerprint density at radius 3 is 2.50 bits per heavy atom. The van der Waals surface area contributed by atoms with Crippen molar-refractivity contribution in [1.29, 1.82) is 0 Å². The minimum absolute atomic E-state index is 0.133. The molecule has 1 spiro atoms. The Labute approximate surface area is 107 Å². The Morgan fingerprint density at radius 1 is 1.06 bits per heavy atom. The van der Waals surface area contributed by atoms with Crippen LogP contribution in [0.1, 0.15) is 37.7 Å². The minimum atomic E-state index is -0.465. The van der Waals surface area contributed by atoms with Gasteiger partial charge < -0.3 is 4.90 Å². The zero-order valence-corrected chi connectivity index (χ0v) is 10.4. The third-order valence-electron chi connectivity index (χ3n) is 4.27. The van der Waals surface area contributed by atoms with E-state index in [1.807, 2.05) is 35.2 Å². The molecule has 0 unspecified atom stereocenters. The summed E-state index contributed by atoms with van der Waals surface area (Å²) in [7, 11) is 0. The summed E-state index contributed by atoms with van der Waals surface area (Å²) in [6.07, 6.45) is 3.66. The van der Waals surface area contributed by atoms with Gasteiger partial charge in [0, 0.05) is 19.4 Å². The van der Waals surface area contributed by atoms with Crippen LogP contribution in [0, 0.1) is 0 Å². The van der Waals surface area contributed by atoms with Gasteiger partial charge >= 0.3 is 0 Å². The Balaban J connectivity index is 1.89. The zero-order valence-electron chi connectivity index (χ0n) is 10.4. The summed E-state index contributed by atoms with van der Waals surface area (Å²) in [4.78, 5) is 26.0. The van der Waals surface area contributed by atoms with Crippen molar-refractivity contribution in [2.24, 2.45) is 0 Å². The van der Waals surface area contributed by atoms with Crippen molar-refractivity contribution in [3.63, 3.8) is 0 Å². The van der Waals surface area contributed by atoms with Crippen LogP contribution in [0.4, 0.5) is 0 Å². The molecule has 1 aliphatic carbocycles. The standard InChI is InChI=1S/C15H17NO2/c17-13-7-4-9-15(13)10-8-14(18)16(15)11-12-5-2-1-3-6-12/h1-3,5-6H,4,7-11H2/t15-/m1/s1. The van der Waals surface area contributed by atoms with E-state index in [2.05, 4.69) is 0 Å². The number of amides is 1. The fraction of sp³-hybridized carbons (Fsp3) is 0.467. The van der Waals surface area contributed by atoms with Crippen LogP contribution in [0.2, 0.25) is 0 Å². The number of likely N-dealkylation sites (tertiary alicyclic amines) is 1. The molecule has 1 atom stereocenters. The second-order valence-electron chi connectivity index (χ2n) is 5.27. The summed E-state index contributed by atoms with van der Waals surface area (Å²) in [6.45, 7) is 0.575. The van der Waals surface area contributed by atoms with Crippen LogP contribution in [-0.4, -0.2) is 22.1 Å². The Morgan fingerprint density at radius 2 is 1.83 bits per heavy atom. The highest BCUT2D eigenvalue weighted by Gasteiger charge is 2.52. The molecule has 18 heavy (non-hydrogen) atoms. The van der Waals surface area contributed by atoms with Gasteiger partial charge in [-0.1, -0.05) is 30.3 Å². The Hall–Kier alpha value is -1.64. The van der Waals surface area contributed by atoms with E-state index < -0.39 is 5.54 Å². The summed E-state index contributed by atoms with van der Waals surface area (Å²) in [5.74, 6) is 0.401. The van der Waals surface area contributed by atoms with E-state index in [1.54, 1.807) is 0 Å². The van der Waals surface area contributed by atoms with Crippen LogP contribution in [0.15, 0.2) is 30.3 Å². The molecule has 2 fully saturated rings. The molecule has 0 aromatic heterocycles. The molecule has 0 N–H and O–H groups in total. The number of benzene rings is 1. The van der Waals surface area contributed by atoms with Gasteiger partial charge in [0.25, 0.3) is 0 Å². The number of carbonyl (C=O) groups is 2. The lowest BCUT2D eigenvalue weighted by molar-refractivity contribution is -0.139. The number of nitrogens with zero attached hydrogens (tertiary/aromatic N) is 1. The lowest BCUT2D eigenvalue weighted by Crippen LogP contribution is -2.48. The highest BCUT2D eigenvalue weighted by molar-refractivity contribution is 5.97. The van der Waals surface area contributed by atoms with Gasteiger partial charge in [-0.15, -0.1) is 0 Å². The molecule has 2 aliphatic rings. The van der Waals surface area contributed by atoms with Crippen molar-refractivity contribution >= 4 is 11.7 Å². The first-order valence-electron chi connectivity index (χ1n) is 6.60. The second-order valence-corrected chi connectivity index (χ2v) is 5.27. The fourth-order valence-electron chi connectivity index (χ4n) is 3.29. The molecular weight excluding hydrogens is 226 g/mol. The smallest absolute Gasteiger partial charge is 0.223 e. The number of hydrogen-bond acceptors (Lipinski definition) is 2. The van der Waals surface area contributed by atoms with E-state index in [0.29, 0.717) is 19.4 Å². The van der Waals surface area contributed by atoms with Gasteiger partial charge in [0.1, 0.15) is 5.54 Å². The fourth-order valence-corrected chi connectivity index (χ4v) is 3.29. The molecule has 3 nitrogen and oxygen atoms in total. The van der Waals surface area contributed by atoms with E-state index in [1.165, 1.54) is 0 Å². The largest absolute Gasteiger partial charge is 0.326 e. The van der Waals surface area contributed by atoms with Crippen molar-refractivity contribution < 1.29 is 9.59 Å². The number of carbonyl (C=O) groups excluding carboxylic acids is 2. The monoisotopic (exact) mass is 243 g/mol. The average molecular weight is 243 g/mol. The first-order chi connectivity index (χ1) is 8.72. The molecule has 3 rings (SSSR count). The zero-order chi connectivity index (χ0) is 12.6. The van der Waals surface area contributed by atoms with E-state index >= 15 is 0 Å². The van der Waals surface area contributed by atoms with Crippen molar-refractivity contribution in [3.05, 3.63) is 35.9 Å². The van der Waals surface area contributed by atoms with E-state index in [0.717, 1.165) is 24.8 Å². The molecule has 3 heteroatoms. The molecule has 1 heterocycles.